The summed E-state index contributed by atoms with van der Waals surface area (Å²) in [6.07, 6.45) is 1.79. The number of likely N-dealkylation sites (N-methyl/N-ethyl adjacent to an activating group) is 1. The van der Waals surface area contributed by atoms with Crippen LogP contribution in [0.4, 0.5) is 5.69 Å². The third kappa shape index (κ3) is 5.44. The Morgan fingerprint density at radius 3 is 2.52 bits per heavy atom. The molecule has 2 aromatic carbocycles. The molecule has 1 heterocycles. The zero-order valence-corrected chi connectivity index (χ0v) is 18.2. The van der Waals surface area contributed by atoms with E-state index in [1.54, 1.807) is 24.3 Å². The molecule has 1 unspecified atom stereocenters. The van der Waals surface area contributed by atoms with Crippen molar-refractivity contribution in [2.75, 3.05) is 32.0 Å². The van der Waals surface area contributed by atoms with E-state index >= 15 is 0 Å². The van der Waals surface area contributed by atoms with Crippen molar-refractivity contribution < 1.29 is 18.1 Å². The molecule has 1 atom stereocenters. The van der Waals surface area contributed by atoms with Crippen molar-refractivity contribution in [3.63, 3.8) is 0 Å². The number of rotatable bonds is 7. The van der Waals surface area contributed by atoms with Gasteiger partial charge in [-0.2, -0.15) is 4.31 Å². The highest BCUT2D eigenvalue weighted by atomic mass is 32.2. The van der Waals surface area contributed by atoms with Crippen molar-refractivity contribution >= 4 is 21.6 Å². The fraction of sp³-hybridized carbons (Fsp3) is 0.409. The van der Waals surface area contributed by atoms with Crippen LogP contribution in [0.5, 0.6) is 0 Å². The lowest BCUT2D eigenvalue weighted by Crippen LogP contribution is -3.08. The number of carbonyl (C=O) groups excluding carboxylic acids is 1. The lowest BCUT2D eigenvalue weighted by molar-refractivity contribution is -0.885. The molecular weight excluding hydrogens is 386 g/mol. The van der Waals surface area contributed by atoms with E-state index in [1.165, 1.54) is 21.0 Å². The normalized spacial score (nSPS) is 16.0. The van der Waals surface area contributed by atoms with Gasteiger partial charge in [0.2, 0.25) is 10.0 Å². The maximum Gasteiger partial charge on any atom is 0.279 e. The Morgan fingerprint density at radius 2 is 1.83 bits per heavy atom. The van der Waals surface area contributed by atoms with Gasteiger partial charge >= 0.3 is 0 Å². The van der Waals surface area contributed by atoms with Crippen LogP contribution < -0.4 is 10.2 Å². The van der Waals surface area contributed by atoms with Gasteiger partial charge in [-0.05, 0) is 50.5 Å². The molecule has 7 heteroatoms. The summed E-state index contributed by atoms with van der Waals surface area (Å²) in [4.78, 5) is 13.8. The molecule has 0 spiro atoms. The number of aryl methyl sites for hydroxylation is 2. The first-order chi connectivity index (χ1) is 13.8. The van der Waals surface area contributed by atoms with Gasteiger partial charge in [0.15, 0.2) is 6.54 Å². The summed E-state index contributed by atoms with van der Waals surface area (Å²) < 4.78 is 26.9. The Morgan fingerprint density at radius 1 is 1.10 bits per heavy atom. The Bertz CT molecular complexity index is 983. The van der Waals surface area contributed by atoms with Gasteiger partial charge in [-0.3, -0.25) is 4.79 Å². The van der Waals surface area contributed by atoms with E-state index < -0.39 is 10.0 Å². The van der Waals surface area contributed by atoms with Crippen molar-refractivity contribution in [3.05, 3.63) is 59.2 Å². The molecule has 0 saturated carbocycles. The number of nitrogens with one attached hydrogen (secondary N) is 2. The Labute approximate surface area is 173 Å². The SMILES string of the molecule is Cc1ccc(C[NH+](C)CC(=O)Nc2cccc(S(=O)(=O)N3CCCC3)c2)c(C)c1. The van der Waals surface area contributed by atoms with Gasteiger partial charge in [-0.1, -0.05) is 29.8 Å². The number of amides is 1. The van der Waals surface area contributed by atoms with Gasteiger partial charge < -0.3 is 10.2 Å². The molecule has 0 aromatic heterocycles. The fourth-order valence-corrected chi connectivity index (χ4v) is 5.29. The lowest BCUT2D eigenvalue weighted by atomic mass is 10.1. The summed E-state index contributed by atoms with van der Waals surface area (Å²) in [5.41, 5.74) is 4.18. The Balaban J connectivity index is 1.62. The first kappa shape index (κ1) is 21.5. The molecule has 0 bridgehead atoms. The number of carbonyl (C=O) groups is 1. The van der Waals surface area contributed by atoms with Crippen molar-refractivity contribution in [2.45, 2.75) is 38.1 Å². The molecular formula is C22H30N3O3S+. The molecule has 1 amide bonds. The largest absolute Gasteiger partial charge is 0.326 e. The smallest absolute Gasteiger partial charge is 0.279 e. The van der Waals surface area contributed by atoms with Gasteiger partial charge in [0.05, 0.1) is 11.9 Å². The highest BCUT2D eigenvalue weighted by Crippen LogP contribution is 2.23. The molecule has 1 aliphatic rings. The molecule has 1 saturated heterocycles. The third-order valence-electron chi connectivity index (χ3n) is 5.27. The Kier molecular flexibility index (Phi) is 6.72. The van der Waals surface area contributed by atoms with Gasteiger partial charge in [-0.25, -0.2) is 8.42 Å². The Hall–Kier alpha value is -2.22. The second kappa shape index (κ2) is 9.07. The van der Waals surface area contributed by atoms with Crippen LogP contribution in [-0.2, 0) is 21.4 Å². The van der Waals surface area contributed by atoms with Gasteiger partial charge in [0, 0.05) is 24.3 Å². The average Bonchev–Trinajstić information content (AvgIpc) is 3.20. The van der Waals surface area contributed by atoms with E-state index in [2.05, 4.69) is 37.4 Å². The summed E-state index contributed by atoms with van der Waals surface area (Å²) in [6.45, 7) is 6.33. The summed E-state index contributed by atoms with van der Waals surface area (Å²) in [5.74, 6) is -0.136. The van der Waals surface area contributed by atoms with Crippen LogP contribution in [-0.4, -0.2) is 45.3 Å². The predicted molar refractivity (Wildman–Crippen MR) is 114 cm³/mol. The van der Waals surface area contributed by atoms with Crippen molar-refractivity contribution in [1.82, 2.24) is 4.31 Å². The molecule has 29 heavy (non-hydrogen) atoms. The van der Waals surface area contributed by atoms with Crippen LogP contribution in [0, 0.1) is 13.8 Å². The van der Waals surface area contributed by atoms with Crippen LogP contribution in [0.1, 0.15) is 29.5 Å². The highest BCUT2D eigenvalue weighted by molar-refractivity contribution is 7.89. The van der Waals surface area contributed by atoms with E-state index in [0.29, 0.717) is 25.3 Å². The molecule has 2 aromatic rings. The number of anilines is 1. The average molecular weight is 417 g/mol. The summed E-state index contributed by atoms with van der Waals surface area (Å²) in [6, 6.07) is 12.9. The second-order valence-electron chi connectivity index (χ2n) is 7.93. The van der Waals surface area contributed by atoms with Crippen LogP contribution >= 0.6 is 0 Å². The van der Waals surface area contributed by atoms with E-state index in [1.807, 2.05) is 7.05 Å². The third-order valence-corrected chi connectivity index (χ3v) is 7.17. The van der Waals surface area contributed by atoms with E-state index in [0.717, 1.165) is 24.3 Å². The van der Waals surface area contributed by atoms with Crippen LogP contribution in [0.25, 0.3) is 0 Å². The summed E-state index contributed by atoms with van der Waals surface area (Å²) >= 11 is 0. The topological polar surface area (TPSA) is 70.9 Å². The first-order valence-corrected chi connectivity index (χ1v) is 11.5. The number of benzene rings is 2. The fourth-order valence-electron chi connectivity index (χ4n) is 3.72. The van der Waals surface area contributed by atoms with E-state index in [4.69, 9.17) is 0 Å². The number of nitrogens with zero attached hydrogens (tertiary/aromatic N) is 1. The second-order valence-corrected chi connectivity index (χ2v) is 9.87. The molecule has 6 nitrogen and oxygen atoms in total. The molecule has 3 rings (SSSR count). The minimum Gasteiger partial charge on any atom is -0.326 e. The minimum absolute atomic E-state index is 0.136. The molecule has 156 valence electrons. The van der Waals surface area contributed by atoms with Gasteiger partial charge in [0.25, 0.3) is 5.91 Å². The maximum absolute atomic E-state index is 12.7. The van der Waals surface area contributed by atoms with Crippen molar-refractivity contribution in [2.24, 2.45) is 0 Å². The van der Waals surface area contributed by atoms with E-state index in [-0.39, 0.29) is 10.8 Å². The standard InChI is InChI=1S/C22H29N3O3S/c1-17-9-10-19(18(2)13-17)15-24(3)16-22(26)23-20-7-6-8-21(14-20)29(27,28)25-11-4-5-12-25/h6-10,13-14H,4-5,11-12,15-16H2,1-3H3,(H,23,26)/p+1. The molecule has 1 aliphatic heterocycles. The molecule has 0 radical (unpaired) electrons. The minimum atomic E-state index is -3.49. The van der Waals surface area contributed by atoms with Gasteiger partial charge in [0.1, 0.15) is 6.54 Å². The van der Waals surface area contributed by atoms with Crippen LogP contribution in [0.3, 0.4) is 0 Å². The quantitative estimate of drug-likeness (QED) is 0.722. The van der Waals surface area contributed by atoms with Crippen molar-refractivity contribution in [1.29, 1.82) is 0 Å². The number of sulfonamides is 1. The monoisotopic (exact) mass is 416 g/mol. The number of hydrogen-bond donors (Lipinski definition) is 2. The first-order valence-electron chi connectivity index (χ1n) is 10.0. The van der Waals surface area contributed by atoms with Crippen molar-refractivity contribution in [3.8, 4) is 0 Å². The number of hydrogen-bond acceptors (Lipinski definition) is 3. The zero-order chi connectivity index (χ0) is 21.0. The molecule has 0 aliphatic carbocycles. The van der Waals surface area contributed by atoms with E-state index in [9.17, 15) is 13.2 Å². The van der Waals surface area contributed by atoms with Crippen LogP contribution in [0.2, 0.25) is 0 Å². The summed E-state index contributed by atoms with van der Waals surface area (Å²) in [5, 5.41) is 2.84. The molecule has 1 fully saturated rings. The molecule has 2 N–H and O–H groups in total. The number of quaternary nitrogens is 1. The predicted octanol–water partition coefficient (Wildman–Crippen LogP) is 1.74. The van der Waals surface area contributed by atoms with Crippen LogP contribution in [0.15, 0.2) is 47.4 Å². The highest BCUT2D eigenvalue weighted by Gasteiger charge is 2.27. The zero-order valence-electron chi connectivity index (χ0n) is 17.4. The lowest BCUT2D eigenvalue weighted by Gasteiger charge is -2.17. The van der Waals surface area contributed by atoms with Gasteiger partial charge in [-0.15, -0.1) is 0 Å². The summed E-state index contributed by atoms with van der Waals surface area (Å²) in [7, 11) is -1.51. The maximum atomic E-state index is 12.7.